The molecule has 0 spiro atoms. The van der Waals surface area contributed by atoms with Gasteiger partial charge in [0.05, 0.1) is 6.54 Å². The molecule has 0 atom stereocenters. The standard InChI is InChI=1S/C16H15IN2O3/c17-12-2-4-13(5-3-12)18-9-16(20)19-8-11-1-6-14-15(7-11)22-10-21-14/h1-7,18H,8-10H2,(H,19,20). The first-order chi connectivity index (χ1) is 10.7. The molecule has 1 aliphatic heterocycles. The van der Waals surface area contributed by atoms with E-state index in [-0.39, 0.29) is 19.2 Å². The van der Waals surface area contributed by atoms with Crippen LogP contribution in [0.15, 0.2) is 42.5 Å². The fourth-order valence-corrected chi connectivity index (χ4v) is 2.42. The maximum absolute atomic E-state index is 11.9. The van der Waals surface area contributed by atoms with Gasteiger partial charge < -0.3 is 20.1 Å². The number of carbonyl (C=O) groups is 1. The minimum atomic E-state index is -0.0591. The second kappa shape index (κ2) is 6.87. The Morgan fingerprint density at radius 1 is 1.09 bits per heavy atom. The van der Waals surface area contributed by atoms with Crippen LogP contribution in [0.2, 0.25) is 0 Å². The van der Waals surface area contributed by atoms with E-state index in [1.807, 2.05) is 42.5 Å². The molecule has 114 valence electrons. The molecule has 2 aromatic rings. The minimum absolute atomic E-state index is 0.0591. The van der Waals surface area contributed by atoms with Crippen LogP contribution in [-0.4, -0.2) is 19.2 Å². The summed E-state index contributed by atoms with van der Waals surface area (Å²) in [5, 5.41) is 5.96. The zero-order valence-electron chi connectivity index (χ0n) is 11.8. The number of hydrogen-bond acceptors (Lipinski definition) is 4. The summed E-state index contributed by atoms with van der Waals surface area (Å²) in [4.78, 5) is 11.9. The number of halogens is 1. The van der Waals surface area contributed by atoms with E-state index in [0.717, 1.165) is 26.3 Å². The molecular formula is C16H15IN2O3. The highest BCUT2D eigenvalue weighted by Gasteiger charge is 2.13. The van der Waals surface area contributed by atoms with Crippen LogP contribution < -0.4 is 20.1 Å². The second-order valence-corrected chi connectivity index (χ2v) is 6.07. The Bertz CT molecular complexity index is 674. The molecule has 3 rings (SSSR count). The fraction of sp³-hybridized carbons (Fsp3) is 0.188. The van der Waals surface area contributed by atoms with Crippen molar-refractivity contribution in [2.75, 3.05) is 18.7 Å². The quantitative estimate of drug-likeness (QED) is 0.745. The Hall–Kier alpha value is -1.96. The van der Waals surface area contributed by atoms with Crippen LogP contribution in [0.1, 0.15) is 5.56 Å². The van der Waals surface area contributed by atoms with Crippen LogP contribution in [0.5, 0.6) is 11.5 Å². The topological polar surface area (TPSA) is 59.6 Å². The lowest BCUT2D eigenvalue weighted by atomic mass is 10.2. The highest BCUT2D eigenvalue weighted by molar-refractivity contribution is 14.1. The van der Waals surface area contributed by atoms with E-state index in [4.69, 9.17) is 9.47 Å². The van der Waals surface area contributed by atoms with Gasteiger partial charge in [0.2, 0.25) is 12.7 Å². The van der Waals surface area contributed by atoms with Crippen LogP contribution in [0.25, 0.3) is 0 Å². The van der Waals surface area contributed by atoms with Gasteiger partial charge in [0.25, 0.3) is 0 Å². The van der Waals surface area contributed by atoms with Crippen LogP contribution in [0.3, 0.4) is 0 Å². The molecule has 2 aromatic carbocycles. The van der Waals surface area contributed by atoms with Gasteiger partial charge in [0.1, 0.15) is 0 Å². The first kappa shape index (κ1) is 15.0. The van der Waals surface area contributed by atoms with Crippen LogP contribution >= 0.6 is 22.6 Å². The van der Waals surface area contributed by atoms with Crippen molar-refractivity contribution in [1.82, 2.24) is 5.32 Å². The Morgan fingerprint density at radius 2 is 1.86 bits per heavy atom. The molecule has 0 unspecified atom stereocenters. The predicted octanol–water partition coefficient (Wildman–Crippen LogP) is 2.75. The summed E-state index contributed by atoms with van der Waals surface area (Å²) < 4.78 is 11.7. The number of benzene rings is 2. The van der Waals surface area contributed by atoms with Crippen molar-refractivity contribution in [2.24, 2.45) is 0 Å². The monoisotopic (exact) mass is 410 g/mol. The zero-order valence-corrected chi connectivity index (χ0v) is 13.9. The summed E-state index contributed by atoms with van der Waals surface area (Å²) in [6, 6.07) is 13.5. The van der Waals surface area contributed by atoms with Gasteiger partial charge in [-0.1, -0.05) is 6.07 Å². The first-order valence-corrected chi connectivity index (χ1v) is 7.93. The minimum Gasteiger partial charge on any atom is -0.454 e. The van der Waals surface area contributed by atoms with Gasteiger partial charge in [0, 0.05) is 15.8 Å². The maximum atomic E-state index is 11.9. The van der Waals surface area contributed by atoms with Gasteiger partial charge in [-0.25, -0.2) is 0 Å². The fourth-order valence-electron chi connectivity index (χ4n) is 2.06. The molecule has 2 N–H and O–H groups in total. The number of hydrogen-bond donors (Lipinski definition) is 2. The number of ether oxygens (including phenoxy) is 2. The summed E-state index contributed by atoms with van der Waals surface area (Å²) in [7, 11) is 0. The number of carbonyl (C=O) groups excluding carboxylic acids is 1. The predicted molar refractivity (Wildman–Crippen MR) is 92.1 cm³/mol. The molecule has 0 fully saturated rings. The van der Waals surface area contributed by atoms with E-state index in [9.17, 15) is 4.79 Å². The lowest BCUT2D eigenvalue weighted by Gasteiger charge is -2.08. The lowest BCUT2D eigenvalue weighted by molar-refractivity contribution is -0.119. The smallest absolute Gasteiger partial charge is 0.239 e. The van der Waals surface area contributed by atoms with Crippen LogP contribution in [0, 0.1) is 3.57 Å². The summed E-state index contributed by atoms with van der Waals surface area (Å²) in [5.41, 5.74) is 1.91. The largest absolute Gasteiger partial charge is 0.454 e. The Balaban J connectivity index is 1.47. The number of nitrogens with one attached hydrogen (secondary N) is 2. The van der Waals surface area contributed by atoms with E-state index in [0.29, 0.717) is 6.54 Å². The van der Waals surface area contributed by atoms with Gasteiger partial charge in [-0.3, -0.25) is 4.79 Å². The molecule has 5 nitrogen and oxygen atoms in total. The number of anilines is 1. The van der Waals surface area contributed by atoms with Gasteiger partial charge >= 0.3 is 0 Å². The molecule has 1 amide bonds. The average molecular weight is 410 g/mol. The van der Waals surface area contributed by atoms with Crippen LogP contribution in [-0.2, 0) is 11.3 Å². The summed E-state index contributed by atoms with van der Waals surface area (Å²) >= 11 is 2.24. The normalized spacial score (nSPS) is 12.0. The third kappa shape index (κ3) is 3.82. The SMILES string of the molecule is O=C(CNc1ccc(I)cc1)NCc1ccc2c(c1)OCO2. The average Bonchev–Trinajstić information content (AvgIpc) is 3.00. The molecule has 22 heavy (non-hydrogen) atoms. The molecule has 0 radical (unpaired) electrons. The lowest BCUT2D eigenvalue weighted by Crippen LogP contribution is -2.29. The summed E-state index contributed by atoms with van der Waals surface area (Å²) in [5.74, 6) is 1.41. The summed E-state index contributed by atoms with van der Waals surface area (Å²) in [6.45, 7) is 0.958. The zero-order chi connectivity index (χ0) is 15.4. The molecular weight excluding hydrogens is 395 g/mol. The maximum Gasteiger partial charge on any atom is 0.239 e. The van der Waals surface area contributed by atoms with Crippen molar-refractivity contribution >= 4 is 34.2 Å². The van der Waals surface area contributed by atoms with E-state index in [1.165, 1.54) is 0 Å². The van der Waals surface area contributed by atoms with Crippen molar-refractivity contribution in [3.63, 3.8) is 0 Å². The molecule has 0 aliphatic carbocycles. The second-order valence-electron chi connectivity index (χ2n) is 4.82. The van der Waals surface area contributed by atoms with Gasteiger partial charge in [-0.05, 0) is 64.6 Å². The Labute approximate surface area is 142 Å². The Morgan fingerprint density at radius 3 is 2.68 bits per heavy atom. The molecule has 0 saturated heterocycles. The van der Waals surface area contributed by atoms with Gasteiger partial charge in [0.15, 0.2) is 11.5 Å². The highest BCUT2D eigenvalue weighted by Crippen LogP contribution is 2.32. The number of rotatable bonds is 5. The van der Waals surface area contributed by atoms with Crippen molar-refractivity contribution in [3.8, 4) is 11.5 Å². The van der Waals surface area contributed by atoms with Crippen molar-refractivity contribution in [2.45, 2.75) is 6.54 Å². The number of fused-ring (bicyclic) bond motifs is 1. The van der Waals surface area contributed by atoms with Gasteiger partial charge in [-0.15, -0.1) is 0 Å². The van der Waals surface area contributed by atoms with E-state index in [2.05, 4.69) is 33.2 Å². The van der Waals surface area contributed by atoms with E-state index >= 15 is 0 Å². The third-order valence-corrected chi connectivity index (χ3v) is 3.94. The van der Waals surface area contributed by atoms with Crippen molar-refractivity contribution in [1.29, 1.82) is 0 Å². The number of amides is 1. The molecule has 0 bridgehead atoms. The van der Waals surface area contributed by atoms with Crippen LogP contribution in [0.4, 0.5) is 5.69 Å². The Kier molecular flexibility index (Phi) is 4.67. The van der Waals surface area contributed by atoms with E-state index < -0.39 is 0 Å². The summed E-state index contributed by atoms with van der Waals surface area (Å²) in [6.07, 6.45) is 0. The molecule has 1 heterocycles. The van der Waals surface area contributed by atoms with Gasteiger partial charge in [-0.2, -0.15) is 0 Å². The third-order valence-electron chi connectivity index (χ3n) is 3.22. The first-order valence-electron chi connectivity index (χ1n) is 6.85. The molecule has 1 aliphatic rings. The highest BCUT2D eigenvalue weighted by atomic mass is 127. The molecule has 0 saturated carbocycles. The van der Waals surface area contributed by atoms with Crippen molar-refractivity contribution < 1.29 is 14.3 Å². The van der Waals surface area contributed by atoms with E-state index in [1.54, 1.807) is 0 Å². The molecule has 0 aromatic heterocycles. The molecule has 6 heteroatoms. The van der Waals surface area contributed by atoms with Crippen molar-refractivity contribution in [3.05, 3.63) is 51.6 Å².